The predicted molar refractivity (Wildman–Crippen MR) is 72.0 cm³/mol. The van der Waals surface area contributed by atoms with Gasteiger partial charge < -0.3 is 9.84 Å². The van der Waals surface area contributed by atoms with Gasteiger partial charge in [0.05, 0.1) is 11.5 Å². The Balaban J connectivity index is 2.07. The molecule has 20 heavy (non-hydrogen) atoms. The van der Waals surface area contributed by atoms with Gasteiger partial charge in [-0.05, 0) is 18.9 Å². The van der Waals surface area contributed by atoms with E-state index in [0.29, 0.717) is 18.3 Å². The summed E-state index contributed by atoms with van der Waals surface area (Å²) in [6, 6.07) is 6.63. The first-order chi connectivity index (χ1) is 9.60. The zero-order chi connectivity index (χ0) is 14.5. The first-order valence-corrected chi connectivity index (χ1v) is 6.37. The number of nitrogens with zero attached hydrogens (tertiary/aromatic N) is 3. The fourth-order valence-electron chi connectivity index (χ4n) is 1.98. The van der Waals surface area contributed by atoms with Crippen LogP contribution in [0.5, 0.6) is 0 Å². The molecule has 0 spiro atoms. The third-order valence-corrected chi connectivity index (χ3v) is 2.96. The number of nitrogens with one attached hydrogen (secondary N) is 1. The molecule has 7 nitrogen and oxygen atoms in total. The fourth-order valence-corrected chi connectivity index (χ4v) is 1.98. The molecule has 0 radical (unpaired) electrons. The lowest BCUT2D eigenvalue weighted by Crippen LogP contribution is -2.20. The topological polar surface area (TPSA) is 94.1 Å². The van der Waals surface area contributed by atoms with E-state index < -0.39 is 4.92 Å². The summed E-state index contributed by atoms with van der Waals surface area (Å²) in [6.45, 7) is 4.20. The van der Waals surface area contributed by atoms with Crippen LogP contribution in [0.25, 0.3) is 0 Å². The summed E-state index contributed by atoms with van der Waals surface area (Å²) >= 11 is 0. The maximum Gasteiger partial charge on any atom is 0.269 e. The van der Waals surface area contributed by atoms with Crippen molar-refractivity contribution in [1.29, 1.82) is 0 Å². The number of aryl methyl sites for hydroxylation is 1. The number of hydrogen-bond acceptors (Lipinski definition) is 6. The second-order valence-electron chi connectivity index (χ2n) is 4.43. The number of rotatable bonds is 6. The molecular formula is C13H16N4O3. The lowest BCUT2D eigenvalue weighted by molar-refractivity contribution is -0.384. The number of aromatic nitrogens is 2. The van der Waals surface area contributed by atoms with E-state index in [2.05, 4.69) is 15.5 Å². The molecule has 7 heteroatoms. The summed E-state index contributed by atoms with van der Waals surface area (Å²) < 4.78 is 5.03. The van der Waals surface area contributed by atoms with Gasteiger partial charge in [-0.3, -0.25) is 10.1 Å². The highest BCUT2D eigenvalue weighted by atomic mass is 16.6. The van der Waals surface area contributed by atoms with Crippen molar-refractivity contribution in [3.63, 3.8) is 0 Å². The van der Waals surface area contributed by atoms with Gasteiger partial charge >= 0.3 is 0 Å². The van der Waals surface area contributed by atoms with Crippen molar-refractivity contribution in [2.24, 2.45) is 0 Å². The Labute approximate surface area is 116 Å². The number of benzene rings is 1. The van der Waals surface area contributed by atoms with Crippen LogP contribution in [0.4, 0.5) is 5.69 Å². The third-order valence-electron chi connectivity index (χ3n) is 2.96. The second kappa shape index (κ2) is 6.25. The van der Waals surface area contributed by atoms with Gasteiger partial charge in [0.1, 0.15) is 0 Å². The number of nitro benzene ring substituents is 1. The SMILES string of the molecule is CCC(NCc1nc(C)no1)c1cccc([N+](=O)[O-])c1. The lowest BCUT2D eigenvalue weighted by atomic mass is 10.0. The average Bonchev–Trinajstić information content (AvgIpc) is 2.85. The van der Waals surface area contributed by atoms with Crippen LogP contribution >= 0.6 is 0 Å². The van der Waals surface area contributed by atoms with Gasteiger partial charge in [-0.15, -0.1) is 0 Å². The molecule has 0 aliphatic rings. The zero-order valence-electron chi connectivity index (χ0n) is 11.4. The van der Waals surface area contributed by atoms with Crippen LogP contribution in [-0.4, -0.2) is 15.1 Å². The summed E-state index contributed by atoms with van der Waals surface area (Å²) in [4.78, 5) is 14.5. The maximum atomic E-state index is 10.8. The summed E-state index contributed by atoms with van der Waals surface area (Å²) in [5.41, 5.74) is 0.967. The highest BCUT2D eigenvalue weighted by Crippen LogP contribution is 2.21. The summed E-state index contributed by atoms with van der Waals surface area (Å²) in [5, 5.41) is 17.8. The average molecular weight is 276 g/mol. The van der Waals surface area contributed by atoms with E-state index in [1.165, 1.54) is 6.07 Å². The molecule has 0 aliphatic heterocycles. The largest absolute Gasteiger partial charge is 0.338 e. The van der Waals surface area contributed by atoms with Crippen LogP contribution in [0, 0.1) is 17.0 Å². The molecule has 2 aromatic rings. The first-order valence-electron chi connectivity index (χ1n) is 6.37. The molecule has 1 aromatic carbocycles. The lowest BCUT2D eigenvalue weighted by Gasteiger charge is -2.15. The Morgan fingerprint density at radius 1 is 1.50 bits per heavy atom. The van der Waals surface area contributed by atoms with Crippen LogP contribution < -0.4 is 5.32 Å². The molecule has 0 saturated carbocycles. The van der Waals surface area contributed by atoms with Crippen molar-refractivity contribution >= 4 is 5.69 Å². The van der Waals surface area contributed by atoms with Gasteiger partial charge in [-0.2, -0.15) is 4.98 Å². The Kier molecular flexibility index (Phi) is 4.41. The number of non-ortho nitro benzene ring substituents is 1. The number of nitro groups is 1. The summed E-state index contributed by atoms with van der Waals surface area (Å²) in [6.07, 6.45) is 0.800. The Morgan fingerprint density at radius 2 is 2.30 bits per heavy atom. The van der Waals surface area contributed by atoms with Gasteiger partial charge in [0.2, 0.25) is 5.89 Å². The van der Waals surface area contributed by atoms with Gasteiger partial charge in [-0.1, -0.05) is 24.2 Å². The second-order valence-corrected chi connectivity index (χ2v) is 4.43. The first kappa shape index (κ1) is 14.1. The van der Waals surface area contributed by atoms with Crippen molar-refractivity contribution in [3.05, 3.63) is 51.7 Å². The molecule has 1 aromatic heterocycles. The van der Waals surface area contributed by atoms with Crippen molar-refractivity contribution in [3.8, 4) is 0 Å². The van der Waals surface area contributed by atoms with E-state index in [0.717, 1.165) is 12.0 Å². The van der Waals surface area contributed by atoms with E-state index in [-0.39, 0.29) is 11.7 Å². The van der Waals surface area contributed by atoms with E-state index in [1.807, 2.05) is 13.0 Å². The maximum absolute atomic E-state index is 10.8. The summed E-state index contributed by atoms with van der Waals surface area (Å²) in [5.74, 6) is 1.09. The zero-order valence-corrected chi connectivity index (χ0v) is 11.4. The number of hydrogen-bond donors (Lipinski definition) is 1. The minimum absolute atomic E-state index is 0.00195. The minimum Gasteiger partial charge on any atom is -0.338 e. The molecule has 1 unspecified atom stereocenters. The molecule has 1 atom stereocenters. The van der Waals surface area contributed by atoms with Gasteiger partial charge in [0.15, 0.2) is 5.82 Å². The molecule has 0 saturated heterocycles. The molecule has 0 bridgehead atoms. The normalized spacial score (nSPS) is 12.3. The highest BCUT2D eigenvalue weighted by molar-refractivity contribution is 5.35. The third kappa shape index (κ3) is 3.39. The van der Waals surface area contributed by atoms with E-state index in [4.69, 9.17) is 4.52 Å². The smallest absolute Gasteiger partial charge is 0.269 e. The van der Waals surface area contributed by atoms with Gasteiger partial charge in [0, 0.05) is 18.2 Å². The molecule has 0 aliphatic carbocycles. The van der Waals surface area contributed by atoms with E-state index >= 15 is 0 Å². The standard InChI is InChI=1S/C13H16N4O3/c1-3-12(14-8-13-15-9(2)16-20-13)10-5-4-6-11(7-10)17(18)19/h4-7,12,14H,3,8H2,1-2H3. The van der Waals surface area contributed by atoms with Crippen LogP contribution in [0.2, 0.25) is 0 Å². The van der Waals surface area contributed by atoms with Crippen molar-refractivity contribution in [1.82, 2.24) is 15.5 Å². The Bertz CT molecular complexity index is 597. The molecule has 1 N–H and O–H groups in total. The van der Waals surface area contributed by atoms with Crippen molar-refractivity contribution < 1.29 is 9.45 Å². The van der Waals surface area contributed by atoms with Gasteiger partial charge in [-0.25, -0.2) is 0 Å². The van der Waals surface area contributed by atoms with Gasteiger partial charge in [0.25, 0.3) is 5.69 Å². The van der Waals surface area contributed by atoms with Crippen molar-refractivity contribution in [2.75, 3.05) is 0 Å². The minimum atomic E-state index is -0.391. The van der Waals surface area contributed by atoms with E-state index in [1.54, 1.807) is 19.1 Å². The monoisotopic (exact) mass is 276 g/mol. The molecule has 106 valence electrons. The summed E-state index contributed by atoms with van der Waals surface area (Å²) in [7, 11) is 0. The predicted octanol–water partition coefficient (Wildman–Crippen LogP) is 2.53. The van der Waals surface area contributed by atoms with Crippen LogP contribution in [0.15, 0.2) is 28.8 Å². The molecule has 0 amide bonds. The molecule has 0 fully saturated rings. The molecule has 2 rings (SSSR count). The fraction of sp³-hybridized carbons (Fsp3) is 0.385. The Morgan fingerprint density at radius 3 is 2.90 bits per heavy atom. The quantitative estimate of drug-likeness (QED) is 0.643. The van der Waals surface area contributed by atoms with Crippen LogP contribution in [-0.2, 0) is 6.54 Å². The van der Waals surface area contributed by atoms with Crippen LogP contribution in [0.1, 0.15) is 36.7 Å². The Hall–Kier alpha value is -2.28. The molecular weight excluding hydrogens is 260 g/mol. The highest BCUT2D eigenvalue weighted by Gasteiger charge is 2.14. The van der Waals surface area contributed by atoms with Crippen molar-refractivity contribution in [2.45, 2.75) is 32.9 Å². The van der Waals surface area contributed by atoms with E-state index in [9.17, 15) is 10.1 Å². The molecule has 1 heterocycles. The van der Waals surface area contributed by atoms with Crippen LogP contribution in [0.3, 0.4) is 0 Å².